The average Bonchev–Trinajstić information content (AvgIpc) is 2.46. The normalized spacial score (nSPS) is 19.2. The number of nitrogens with one attached hydrogen (secondary N) is 2. The molecule has 0 aliphatic carbocycles. The van der Waals surface area contributed by atoms with Gasteiger partial charge in [-0.25, -0.2) is 4.98 Å². The lowest BCUT2D eigenvalue weighted by molar-refractivity contribution is 0.677. The maximum absolute atomic E-state index is 4.50. The van der Waals surface area contributed by atoms with Gasteiger partial charge in [0.05, 0.1) is 4.47 Å². The van der Waals surface area contributed by atoms with Gasteiger partial charge in [-0.2, -0.15) is 16.7 Å². The molecule has 4 nitrogen and oxygen atoms in total. The first-order valence-electron chi connectivity index (χ1n) is 6.91. The first-order valence-corrected chi connectivity index (χ1v) is 8.75. The molecule has 1 fully saturated rings. The van der Waals surface area contributed by atoms with E-state index in [-0.39, 0.29) is 0 Å². The van der Waals surface area contributed by atoms with E-state index in [1.54, 1.807) is 6.20 Å². The third-order valence-electron chi connectivity index (χ3n) is 3.05. The molecule has 106 valence electrons. The molecule has 1 unspecified atom stereocenters. The van der Waals surface area contributed by atoms with E-state index in [0.29, 0.717) is 11.2 Å². The highest BCUT2D eigenvalue weighted by atomic mass is 79.9. The zero-order valence-corrected chi connectivity index (χ0v) is 13.7. The molecule has 6 heteroatoms. The van der Waals surface area contributed by atoms with Gasteiger partial charge in [0.1, 0.15) is 5.82 Å². The molecule has 0 aromatic carbocycles. The molecule has 1 atom stereocenters. The van der Waals surface area contributed by atoms with Gasteiger partial charge in [-0.05, 0) is 40.9 Å². The van der Waals surface area contributed by atoms with Crippen molar-refractivity contribution in [1.82, 2.24) is 9.97 Å². The van der Waals surface area contributed by atoms with Gasteiger partial charge < -0.3 is 10.6 Å². The topological polar surface area (TPSA) is 49.8 Å². The number of aromatic nitrogens is 2. The van der Waals surface area contributed by atoms with Gasteiger partial charge in [0.25, 0.3) is 0 Å². The highest BCUT2D eigenvalue weighted by molar-refractivity contribution is 9.10. The molecular formula is C13H21BrN4S. The molecule has 2 rings (SSSR count). The van der Waals surface area contributed by atoms with E-state index in [4.69, 9.17) is 0 Å². The number of hydrogen-bond acceptors (Lipinski definition) is 5. The van der Waals surface area contributed by atoms with Crippen LogP contribution in [0.4, 0.5) is 11.8 Å². The Morgan fingerprint density at radius 3 is 3.05 bits per heavy atom. The molecule has 1 saturated heterocycles. The van der Waals surface area contributed by atoms with Gasteiger partial charge in [0, 0.05) is 24.5 Å². The number of thioether (sulfide) groups is 1. The first kappa shape index (κ1) is 14.9. The van der Waals surface area contributed by atoms with E-state index in [0.717, 1.165) is 29.8 Å². The number of nitrogens with zero attached hydrogens (tertiary/aromatic N) is 2. The molecule has 0 bridgehead atoms. The van der Waals surface area contributed by atoms with Crippen molar-refractivity contribution in [2.45, 2.75) is 37.9 Å². The van der Waals surface area contributed by atoms with Crippen LogP contribution in [0, 0.1) is 0 Å². The maximum Gasteiger partial charge on any atom is 0.224 e. The fourth-order valence-corrected chi connectivity index (χ4v) is 3.56. The van der Waals surface area contributed by atoms with E-state index in [2.05, 4.69) is 55.2 Å². The third-order valence-corrected chi connectivity index (χ3v) is 5.03. The lowest BCUT2D eigenvalue weighted by Gasteiger charge is -2.22. The summed E-state index contributed by atoms with van der Waals surface area (Å²) in [6.45, 7) is 4.01. The fraction of sp³-hybridized carbons (Fsp3) is 0.692. The summed E-state index contributed by atoms with van der Waals surface area (Å²) in [5.41, 5.74) is 0. The molecule has 0 radical (unpaired) electrons. The van der Waals surface area contributed by atoms with Gasteiger partial charge in [-0.1, -0.05) is 13.3 Å². The smallest absolute Gasteiger partial charge is 0.224 e. The van der Waals surface area contributed by atoms with Gasteiger partial charge in [0.2, 0.25) is 5.95 Å². The Balaban J connectivity index is 1.90. The Kier molecular flexibility index (Phi) is 6.23. The summed E-state index contributed by atoms with van der Waals surface area (Å²) in [6.07, 6.45) is 6.90. The monoisotopic (exact) mass is 344 g/mol. The van der Waals surface area contributed by atoms with Crippen molar-refractivity contribution in [3.05, 3.63) is 10.7 Å². The van der Waals surface area contributed by atoms with E-state index in [9.17, 15) is 0 Å². The number of anilines is 2. The minimum absolute atomic E-state index is 0.698. The average molecular weight is 345 g/mol. The SMILES string of the molecule is CCCNc1ncc(Br)c(NCC2CCCCS2)n1. The molecular weight excluding hydrogens is 324 g/mol. The van der Waals surface area contributed by atoms with Crippen LogP contribution in [-0.2, 0) is 0 Å². The summed E-state index contributed by atoms with van der Waals surface area (Å²) in [6, 6.07) is 0. The van der Waals surface area contributed by atoms with E-state index >= 15 is 0 Å². The van der Waals surface area contributed by atoms with E-state index < -0.39 is 0 Å². The summed E-state index contributed by atoms with van der Waals surface area (Å²) in [5, 5.41) is 7.36. The number of halogens is 1. The molecule has 1 aliphatic heterocycles. The molecule has 0 saturated carbocycles. The molecule has 0 amide bonds. The summed E-state index contributed by atoms with van der Waals surface area (Å²) in [7, 11) is 0. The molecule has 19 heavy (non-hydrogen) atoms. The van der Waals surface area contributed by atoms with Crippen molar-refractivity contribution >= 4 is 39.5 Å². The first-order chi connectivity index (χ1) is 9.29. The summed E-state index contributed by atoms with van der Waals surface area (Å²) in [5.74, 6) is 2.88. The lowest BCUT2D eigenvalue weighted by Crippen LogP contribution is -2.21. The molecule has 2 heterocycles. The van der Waals surface area contributed by atoms with Crippen molar-refractivity contribution < 1.29 is 0 Å². The Morgan fingerprint density at radius 1 is 1.42 bits per heavy atom. The predicted molar refractivity (Wildman–Crippen MR) is 87.1 cm³/mol. The van der Waals surface area contributed by atoms with Crippen LogP contribution in [0.5, 0.6) is 0 Å². The predicted octanol–water partition coefficient (Wildman–Crippen LogP) is 3.76. The summed E-state index contributed by atoms with van der Waals surface area (Å²) < 4.78 is 0.926. The van der Waals surface area contributed by atoms with Crippen molar-refractivity contribution in [3.8, 4) is 0 Å². The zero-order valence-electron chi connectivity index (χ0n) is 11.3. The van der Waals surface area contributed by atoms with Crippen LogP contribution in [0.2, 0.25) is 0 Å². The highest BCUT2D eigenvalue weighted by Crippen LogP contribution is 2.26. The molecule has 0 spiro atoms. The Hall–Kier alpha value is -0.490. The molecule has 1 aromatic heterocycles. The third kappa shape index (κ3) is 4.84. The summed E-state index contributed by atoms with van der Waals surface area (Å²) in [4.78, 5) is 8.76. The van der Waals surface area contributed by atoms with E-state index in [1.165, 1.54) is 25.0 Å². The lowest BCUT2D eigenvalue weighted by atomic mass is 10.2. The second-order valence-electron chi connectivity index (χ2n) is 4.69. The van der Waals surface area contributed by atoms with Crippen LogP contribution in [-0.4, -0.2) is 34.1 Å². The highest BCUT2D eigenvalue weighted by Gasteiger charge is 2.14. The van der Waals surface area contributed by atoms with Crippen LogP contribution in [0.25, 0.3) is 0 Å². The van der Waals surface area contributed by atoms with Gasteiger partial charge in [-0.3, -0.25) is 0 Å². The van der Waals surface area contributed by atoms with Crippen LogP contribution in [0.15, 0.2) is 10.7 Å². The standard InChI is InChI=1S/C13H21BrN4S/c1-2-6-15-13-17-9-11(14)12(18-13)16-8-10-5-3-4-7-19-10/h9-10H,2-8H2,1H3,(H2,15,16,17,18). The molecule has 2 N–H and O–H groups in total. The van der Waals surface area contributed by atoms with Gasteiger partial charge >= 0.3 is 0 Å². The van der Waals surface area contributed by atoms with Crippen LogP contribution >= 0.6 is 27.7 Å². The van der Waals surface area contributed by atoms with Crippen LogP contribution < -0.4 is 10.6 Å². The van der Waals surface area contributed by atoms with Crippen molar-refractivity contribution in [3.63, 3.8) is 0 Å². The second kappa shape index (κ2) is 7.94. The second-order valence-corrected chi connectivity index (χ2v) is 6.95. The number of rotatable bonds is 6. The largest absolute Gasteiger partial charge is 0.368 e. The minimum Gasteiger partial charge on any atom is -0.368 e. The van der Waals surface area contributed by atoms with Crippen molar-refractivity contribution in [2.24, 2.45) is 0 Å². The van der Waals surface area contributed by atoms with Crippen molar-refractivity contribution in [2.75, 3.05) is 29.5 Å². The van der Waals surface area contributed by atoms with Crippen LogP contribution in [0.1, 0.15) is 32.6 Å². The minimum atomic E-state index is 0.698. The Morgan fingerprint density at radius 2 is 2.32 bits per heavy atom. The maximum atomic E-state index is 4.50. The van der Waals surface area contributed by atoms with Gasteiger partial charge in [-0.15, -0.1) is 0 Å². The van der Waals surface area contributed by atoms with Gasteiger partial charge in [0.15, 0.2) is 0 Å². The Labute approximate surface area is 127 Å². The quantitative estimate of drug-likeness (QED) is 0.822. The molecule has 1 aliphatic rings. The van der Waals surface area contributed by atoms with Crippen molar-refractivity contribution in [1.29, 1.82) is 0 Å². The van der Waals surface area contributed by atoms with E-state index in [1.807, 2.05) is 0 Å². The fourth-order valence-electron chi connectivity index (χ4n) is 1.99. The zero-order chi connectivity index (χ0) is 13.5. The molecule has 1 aromatic rings. The summed E-state index contributed by atoms with van der Waals surface area (Å²) >= 11 is 5.57. The Bertz CT molecular complexity index is 396. The van der Waals surface area contributed by atoms with Crippen LogP contribution in [0.3, 0.4) is 0 Å². The number of hydrogen-bond donors (Lipinski definition) is 2.